The number of likely N-dealkylation sites (tertiary alicyclic amines) is 1. The standard InChI is InChI=1S/C15H18N4O/c1-12-4-2-5-14(17-12)15(20)18-10-6-13(7-11-18)19-9-3-8-16-19/h2-5,8-9,13H,6-7,10-11H2,1H3. The zero-order valence-corrected chi connectivity index (χ0v) is 11.6. The van der Waals surface area contributed by atoms with Gasteiger partial charge < -0.3 is 4.90 Å². The smallest absolute Gasteiger partial charge is 0.272 e. The van der Waals surface area contributed by atoms with Crippen molar-refractivity contribution >= 4 is 5.91 Å². The summed E-state index contributed by atoms with van der Waals surface area (Å²) in [7, 11) is 0. The van der Waals surface area contributed by atoms with Crippen molar-refractivity contribution in [3.63, 3.8) is 0 Å². The highest BCUT2D eigenvalue weighted by Crippen LogP contribution is 2.22. The predicted octanol–water partition coefficient (Wildman–Crippen LogP) is 2.06. The number of carbonyl (C=O) groups excluding carboxylic acids is 1. The fourth-order valence-electron chi connectivity index (χ4n) is 2.65. The van der Waals surface area contributed by atoms with E-state index >= 15 is 0 Å². The van der Waals surface area contributed by atoms with Crippen LogP contribution in [0.2, 0.25) is 0 Å². The van der Waals surface area contributed by atoms with Crippen LogP contribution in [-0.4, -0.2) is 38.7 Å². The second-order valence-electron chi connectivity index (χ2n) is 5.17. The molecule has 1 saturated heterocycles. The van der Waals surface area contributed by atoms with Gasteiger partial charge in [0, 0.05) is 31.2 Å². The molecule has 0 aromatic carbocycles. The van der Waals surface area contributed by atoms with Gasteiger partial charge in [-0.05, 0) is 38.0 Å². The summed E-state index contributed by atoms with van der Waals surface area (Å²) in [6.45, 7) is 3.43. The number of aromatic nitrogens is 3. The molecule has 0 saturated carbocycles. The second kappa shape index (κ2) is 5.45. The van der Waals surface area contributed by atoms with Gasteiger partial charge in [-0.1, -0.05) is 6.07 Å². The molecule has 2 aromatic heterocycles. The maximum absolute atomic E-state index is 12.4. The van der Waals surface area contributed by atoms with Crippen molar-refractivity contribution in [2.24, 2.45) is 0 Å². The lowest BCUT2D eigenvalue weighted by atomic mass is 10.0. The van der Waals surface area contributed by atoms with Gasteiger partial charge in [-0.25, -0.2) is 4.98 Å². The Morgan fingerprint density at radius 2 is 2.05 bits per heavy atom. The Morgan fingerprint density at radius 1 is 1.25 bits per heavy atom. The minimum Gasteiger partial charge on any atom is -0.337 e. The number of nitrogens with zero attached hydrogens (tertiary/aromatic N) is 4. The molecule has 1 fully saturated rings. The molecule has 1 amide bonds. The highest BCUT2D eigenvalue weighted by Gasteiger charge is 2.25. The minimum atomic E-state index is 0.0348. The molecule has 2 aromatic rings. The molecule has 1 aliphatic heterocycles. The average Bonchev–Trinajstić information content (AvgIpc) is 3.01. The molecular formula is C15H18N4O. The Labute approximate surface area is 118 Å². The van der Waals surface area contributed by atoms with E-state index in [1.54, 1.807) is 12.3 Å². The van der Waals surface area contributed by atoms with Crippen LogP contribution in [0.25, 0.3) is 0 Å². The van der Waals surface area contributed by atoms with Gasteiger partial charge in [-0.3, -0.25) is 9.48 Å². The Bertz CT molecular complexity index is 586. The quantitative estimate of drug-likeness (QED) is 0.839. The van der Waals surface area contributed by atoms with E-state index in [4.69, 9.17) is 0 Å². The maximum atomic E-state index is 12.4. The van der Waals surface area contributed by atoms with Crippen LogP contribution < -0.4 is 0 Å². The number of amides is 1. The molecule has 0 bridgehead atoms. The number of carbonyl (C=O) groups is 1. The summed E-state index contributed by atoms with van der Waals surface area (Å²) in [5.74, 6) is 0.0348. The number of aryl methyl sites for hydroxylation is 1. The van der Waals surface area contributed by atoms with E-state index in [1.165, 1.54) is 0 Å². The van der Waals surface area contributed by atoms with E-state index in [0.717, 1.165) is 31.6 Å². The first-order chi connectivity index (χ1) is 9.74. The van der Waals surface area contributed by atoms with Crippen LogP contribution in [0.4, 0.5) is 0 Å². The van der Waals surface area contributed by atoms with Crippen molar-refractivity contribution in [2.75, 3.05) is 13.1 Å². The van der Waals surface area contributed by atoms with E-state index in [0.29, 0.717) is 11.7 Å². The van der Waals surface area contributed by atoms with Crippen molar-refractivity contribution in [3.05, 3.63) is 48.0 Å². The van der Waals surface area contributed by atoms with Gasteiger partial charge >= 0.3 is 0 Å². The van der Waals surface area contributed by atoms with Crippen molar-refractivity contribution in [2.45, 2.75) is 25.8 Å². The Hall–Kier alpha value is -2.17. The van der Waals surface area contributed by atoms with Gasteiger partial charge in [-0.2, -0.15) is 5.10 Å². The van der Waals surface area contributed by atoms with E-state index in [-0.39, 0.29) is 5.91 Å². The van der Waals surface area contributed by atoms with Gasteiger partial charge in [0.1, 0.15) is 5.69 Å². The maximum Gasteiger partial charge on any atom is 0.272 e. The fourth-order valence-corrected chi connectivity index (χ4v) is 2.65. The number of rotatable bonds is 2. The van der Waals surface area contributed by atoms with E-state index in [9.17, 15) is 4.79 Å². The van der Waals surface area contributed by atoms with Crippen molar-refractivity contribution in [1.82, 2.24) is 19.7 Å². The molecule has 0 unspecified atom stereocenters. The number of hydrogen-bond donors (Lipinski definition) is 0. The number of piperidine rings is 1. The van der Waals surface area contributed by atoms with Crippen molar-refractivity contribution in [3.8, 4) is 0 Å². The van der Waals surface area contributed by atoms with Crippen LogP contribution in [0.15, 0.2) is 36.7 Å². The van der Waals surface area contributed by atoms with Crippen LogP contribution in [0.1, 0.15) is 35.1 Å². The minimum absolute atomic E-state index is 0.0348. The van der Waals surface area contributed by atoms with Crippen LogP contribution in [-0.2, 0) is 0 Å². The van der Waals surface area contributed by atoms with Gasteiger partial charge in [0.25, 0.3) is 5.91 Å². The normalized spacial score (nSPS) is 16.4. The van der Waals surface area contributed by atoms with E-state index in [2.05, 4.69) is 10.1 Å². The van der Waals surface area contributed by atoms with Gasteiger partial charge in [0.05, 0.1) is 6.04 Å². The van der Waals surface area contributed by atoms with Gasteiger partial charge in [0.2, 0.25) is 0 Å². The number of hydrogen-bond acceptors (Lipinski definition) is 3. The van der Waals surface area contributed by atoms with Gasteiger partial charge in [-0.15, -0.1) is 0 Å². The lowest BCUT2D eigenvalue weighted by molar-refractivity contribution is 0.0684. The van der Waals surface area contributed by atoms with Crippen LogP contribution in [0.5, 0.6) is 0 Å². The third kappa shape index (κ3) is 2.57. The third-order valence-corrected chi connectivity index (χ3v) is 3.76. The highest BCUT2D eigenvalue weighted by molar-refractivity contribution is 5.92. The van der Waals surface area contributed by atoms with Crippen molar-refractivity contribution < 1.29 is 4.79 Å². The molecule has 3 heterocycles. The molecule has 5 nitrogen and oxygen atoms in total. The molecule has 1 aliphatic rings. The zero-order valence-electron chi connectivity index (χ0n) is 11.6. The van der Waals surface area contributed by atoms with Crippen molar-refractivity contribution in [1.29, 1.82) is 0 Å². The first kappa shape index (κ1) is 12.8. The Kier molecular flexibility index (Phi) is 3.50. The monoisotopic (exact) mass is 270 g/mol. The lowest BCUT2D eigenvalue weighted by Crippen LogP contribution is -2.39. The average molecular weight is 270 g/mol. The zero-order chi connectivity index (χ0) is 13.9. The summed E-state index contributed by atoms with van der Waals surface area (Å²) in [6.07, 6.45) is 5.68. The summed E-state index contributed by atoms with van der Waals surface area (Å²) in [5.41, 5.74) is 1.42. The Morgan fingerprint density at radius 3 is 2.70 bits per heavy atom. The molecule has 5 heteroatoms. The topological polar surface area (TPSA) is 51.0 Å². The summed E-state index contributed by atoms with van der Waals surface area (Å²) in [4.78, 5) is 18.6. The lowest BCUT2D eigenvalue weighted by Gasteiger charge is -2.31. The molecule has 0 spiro atoms. The third-order valence-electron chi connectivity index (χ3n) is 3.76. The molecule has 20 heavy (non-hydrogen) atoms. The summed E-state index contributed by atoms with van der Waals surface area (Å²) in [6, 6.07) is 7.91. The first-order valence-electron chi connectivity index (χ1n) is 6.96. The molecule has 0 N–H and O–H groups in total. The Balaban J connectivity index is 1.65. The SMILES string of the molecule is Cc1cccc(C(=O)N2CCC(n3cccn3)CC2)n1. The molecule has 104 valence electrons. The molecule has 0 aliphatic carbocycles. The molecule has 3 rings (SSSR count). The van der Waals surface area contributed by atoms with Crippen LogP contribution in [0, 0.1) is 6.92 Å². The first-order valence-corrected chi connectivity index (χ1v) is 6.96. The largest absolute Gasteiger partial charge is 0.337 e. The van der Waals surface area contributed by atoms with E-state index in [1.807, 2.05) is 40.9 Å². The van der Waals surface area contributed by atoms with Crippen LogP contribution in [0.3, 0.4) is 0 Å². The molecular weight excluding hydrogens is 252 g/mol. The highest BCUT2D eigenvalue weighted by atomic mass is 16.2. The fraction of sp³-hybridized carbons (Fsp3) is 0.400. The summed E-state index contributed by atoms with van der Waals surface area (Å²) in [5, 5.41) is 4.28. The second-order valence-corrected chi connectivity index (χ2v) is 5.17. The summed E-state index contributed by atoms with van der Waals surface area (Å²) < 4.78 is 1.99. The summed E-state index contributed by atoms with van der Waals surface area (Å²) >= 11 is 0. The van der Waals surface area contributed by atoms with Gasteiger partial charge in [0.15, 0.2) is 0 Å². The van der Waals surface area contributed by atoms with Crippen LogP contribution >= 0.6 is 0 Å². The number of pyridine rings is 1. The molecule has 0 radical (unpaired) electrons. The molecule has 0 atom stereocenters. The van der Waals surface area contributed by atoms with E-state index < -0.39 is 0 Å². The predicted molar refractivity (Wildman–Crippen MR) is 75.4 cm³/mol.